The molecule has 94 valence electrons. The van der Waals surface area contributed by atoms with Gasteiger partial charge in [-0.15, -0.1) is 0 Å². The highest BCUT2D eigenvalue weighted by Crippen LogP contribution is 2.21. The molecule has 1 aliphatic heterocycles. The molecule has 17 heavy (non-hydrogen) atoms. The van der Waals surface area contributed by atoms with Crippen molar-refractivity contribution in [3.05, 3.63) is 35.9 Å². The molecule has 1 heterocycles. The molecule has 0 aromatic heterocycles. The summed E-state index contributed by atoms with van der Waals surface area (Å²) in [5, 5.41) is 0.696. The van der Waals surface area contributed by atoms with Crippen LogP contribution < -0.4 is 0 Å². The van der Waals surface area contributed by atoms with Crippen molar-refractivity contribution in [1.29, 1.82) is 0 Å². The second kappa shape index (κ2) is 5.96. The summed E-state index contributed by atoms with van der Waals surface area (Å²) in [6, 6.07) is 10.1. The maximum Gasteiger partial charge on any atom is 0.167 e. The first kappa shape index (κ1) is 13.0. The summed E-state index contributed by atoms with van der Waals surface area (Å²) in [4.78, 5) is 0. The van der Waals surface area contributed by atoms with Crippen LogP contribution in [0.25, 0.3) is 0 Å². The van der Waals surface area contributed by atoms with Crippen LogP contribution in [0, 0.1) is 0 Å². The third-order valence-corrected chi connectivity index (χ3v) is 3.23. The van der Waals surface area contributed by atoms with Gasteiger partial charge < -0.3 is 14.2 Å². The molecular weight excluding hydrogens is 284 g/mol. The van der Waals surface area contributed by atoms with Crippen LogP contribution in [-0.2, 0) is 20.8 Å². The molecule has 0 atom stereocenters. The van der Waals surface area contributed by atoms with E-state index in [4.69, 9.17) is 14.2 Å². The fourth-order valence-electron chi connectivity index (χ4n) is 1.63. The Hall–Kier alpha value is -0.420. The predicted octanol–water partition coefficient (Wildman–Crippen LogP) is 2.73. The third-order valence-electron chi connectivity index (χ3n) is 2.71. The molecular formula is C13H17BrO3. The van der Waals surface area contributed by atoms with E-state index in [-0.39, 0.29) is 11.9 Å². The van der Waals surface area contributed by atoms with Crippen molar-refractivity contribution in [1.82, 2.24) is 0 Å². The van der Waals surface area contributed by atoms with Gasteiger partial charge in [-0.1, -0.05) is 46.3 Å². The molecule has 1 aliphatic rings. The number of rotatable bonds is 4. The van der Waals surface area contributed by atoms with Gasteiger partial charge in [-0.3, -0.25) is 0 Å². The fourth-order valence-corrected chi connectivity index (χ4v) is 2.01. The van der Waals surface area contributed by atoms with Crippen molar-refractivity contribution >= 4 is 15.9 Å². The van der Waals surface area contributed by atoms with Gasteiger partial charge in [0.15, 0.2) is 6.29 Å². The normalized spacial score (nSPS) is 29.2. The topological polar surface area (TPSA) is 27.7 Å². The van der Waals surface area contributed by atoms with Crippen LogP contribution >= 0.6 is 15.9 Å². The van der Waals surface area contributed by atoms with Crippen LogP contribution in [0.3, 0.4) is 0 Å². The van der Waals surface area contributed by atoms with E-state index in [1.54, 1.807) is 0 Å². The summed E-state index contributed by atoms with van der Waals surface area (Å²) in [6.07, 6.45) is -0.150. The molecule has 0 saturated carbocycles. The molecule has 4 heteroatoms. The minimum absolute atomic E-state index is 0.150. The Bertz CT molecular complexity index is 334. The molecule has 3 nitrogen and oxygen atoms in total. The van der Waals surface area contributed by atoms with Crippen LogP contribution in [0.15, 0.2) is 30.3 Å². The Morgan fingerprint density at radius 2 is 1.94 bits per heavy atom. The lowest BCUT2D eigenvalue weighted by Gasteiger charge is -2.36. The molecule has 2 rings (SSSR count). The lowest BCUT2D eigenvalue weighted by molar-refractivity contribution is -0.254. The number of hydrogen-bond acceptors (Lipinski definition) is 3. The van der Waals surface area contributed by atoms with E-state index >= 15 is 0 Å². The SMILES string of the molecule is CC1(OCc2ccccc2)COC(CBr)OC1. The Kier molecular flexibility index (Phi) is 4.56. The summed E-state index contributed by atoms with van der Waals surface area (Å²) in [5.41, 5.74) is 0.811. The summed E-state index contributed by atoms with van der Waals surface area (Å²) >= 11 is 3.33. The first-order valence-corrected chi connectivity index (χ1v) is 6.81. The lowest BCUT2D eigenvalue weighted by Crippen LogP contribution is -2.47. The van der Waals surface area contributed by atoms with Crippen LogP contribution in [-0.4, -0.2) is 30.4 Å². The van der Waals surface area contributed by atoms with Gasteiger partial charge in [0.2, 0.25) is 0 Å². The van der Waals surface area contributed by atoms with E-state index in [1.807, 2.05) is 25.1 Å². The molecule has 0 aliphatic carbocycles. The van der Waals surface area contributed by atoms with Crippen molar-refractivity contribution in [2.75, 3.05) is 18.5 Å². The highest BCUT2D eigenvalue weighted by Gasteiger charge is 2.33. The second-order valence-corrected chi connectivity index (χ2v) is 5.08. The average molecular weight is 301 g/mol. The van der Waals surface area contributed by atoms with Crippen LogP contribution in [0.2, 0.25) is 0 Å². The highest BCUT2D eigenvalue weighted by molar-refractivity contribution is 9.09. The zero-order valence-corrected chi connectivity index (χ0v) is 11.5. The first-order chi connectivity index (χ1) is 8.22. The maximum atomic E-state index is 5.88. The number of halogens is 1. The van der Waals surface area contributed by atoms with Crippen LogP contribution in [0.1, 0.15) is 12.5 Å². The Balaban J connectivity index is 1.83. The van der Waals surface area contributed by atoms with Gasteiger partial charge in [-0.25, -0.2) is 0 Å². The maximum absolute atomic E-state index is 5.88. The smallest absolute Gasteiger partial charge is 0.167 e. The quantitative estimate of drug-likeness (QED) is 0.800. The number of benzene rings is 1. The highest BCUT2D eigenvalue weighted by atomic mass is 79.9. The van der Waals surface area contributed by atoms with E-state index in [0.29, 0.717) is 25.2 Å². The number of ether oxygens (including phenoxy) is 3. The molecule has 0 amide bonds. The summed E-state index contributed by atoms with van der Waals surface area (Å²) in [7, 11) is 0. The van der Waals surface area contributed by atoms with Crippen LogP contribution in [0.4, 0.5) is 0 Å². The molecule has 1 aromatic carbocycles. The van der Waals surface area contributed by atoms with Gasteiger partial charge in [-0.05, 0) is 12.5 Å². The van der Waals surface area contributed by atoms with Gasteiger partial charge in [-0.2, -0.15) is 0 Å². The Morgan fingerprint density at radius 3 is 2.53 bits per heavy atom. The van der Waals surface area contributed by atoms with Gasteiger partial charge in [0, 0.05) is 0 Å². The largest absolute Gasteiger partial charge is 0.366 e. The minimum atomic E-state index is -0.353. The Morgan fingerprint density at radius 1 is 1.29 bits per heavy atom. The van der Waals surface area contributed by atoms with E-state index in [0.717, 1.165) is 5.56 Å². The number of alkyl halides is 1. The van der Waals surface area contributed by atoms with Crippen molar-refractivity contribution in [3.63, 3.8) is 0 Å². The zero-order chi connectivity index (χ0) is 12.1. The molecule has 1 saturated heterocycles. The van der Waals surface area contributed by atoms with Crippen molar-refractivity contribution in [2.24, 2.45) is 0 Å². The molecule has 0 unspecified atom stereocenters. The van der Waals surface area contributed by atoms with Crippen LogP contribution in [0.5, 0.6) is 0 Å². The molecule has 1 fully saturated rings. The van der Waals surface area contributed by atoms with Crippen molar-refractivity contribution in [2.45, 2.75) is 25.4 Å². The average Bonchev–Trinajstić information content (AvgIpc) is 2.39. The standard InChI is InChI=1S/C13H17BrO3/c1-13(9-15-12(7-14)16-10-13)17-8-11-5-3-2-4-6-11/h2-6,12H,7-10H2,1H3. The van der Waals surface area contributed by atoms with Gasteiger partial charge in [0.1, 0.15) is 5.60 Å². The minimum Gasteiger partial charge on any atom is -0.366 e. The molecule has 0 N–H and O–H groups in total. The van der Waals surface area contributed by atoms with E-state index in [2.05, 4.69) is 28.1 Å². The summed E-state index contributed by atoms with van der Waals surface area (Å²) < 4.78 is 17.0. The van der Waals surface area contributed by atoms with E-state index in [9.17, 15) is 0 Å². The van der Waals surface area contributed by atoms with Gasteiger partial charge in [0.25, 0.3) is 0 Å². The first-order valence-electron chi connectivity index (χ1n) is 5.69. The molecule has 0 bridgehead atoms. The fraction of sp³-hybridized carbons (Fsp3) is 0.538. The zero-order valence-electron chi connectivity index (χ0n) is 9.90. The third kappa shape index (κ3) is 3.78. The number of hydrogen-bond donors (Lipinski definition) is 0. The van der Waals surface area contributed by atoms with Crippen molar-refractivity contribution in [3.8, 4) is 0 Å². The Labute approximate surface area is 110 Å². The van der Waals surface area contributed by atoms with E-state index in [1.165, 1.54) is 0 Å². The molecule has 0 radical (unpaired) electrons. The molecule has 0 spiro atoms. The van der Waals surface area contributed by atoms with Gasteiger partial charge >= 0.3 is 0 Å². The lowest BCUT2D eigenvalue weighted by atomic mass is 10.1. The summed E-state index contributed by atoms with van der Waals surface area (Å²) in [5.74, 6) is 0. The molecule has 1 aromatic rings. The monoisotopic (exact) mass is 300 g/mol. The predicted molar refractivity (Wildman–Crippen MR) is 69.1 cm³/mol. The second-order valence-electron chi connectivity index (χ2n) is 4.43. The van der Waals surface area contributed by atoms with E-state index < -0.39 is 0 Å². The van der Waals surface area contributed by atoms with Gasteiger partial charge in [0.05, 0.1) is 25.2 Å². The summed E-state index contributed by atoms with van der Waals surface area (Å²) in [6.45, 7) is 3.73. The van der Waals surface area contributed by atoms with Crippen molar-refractivity contribution < 1.29 is 14.2 Å².